The number of nitrogens with zero attached hydrogens (tertiary/aromatic N) is 2. The minimum absolute atomic E-state index is 0.146. The molecule has 3 aromatic carbocycles. The zero-order valence-electron chi connectivity index (χ0n) is 18.6. The van der Waals surface area contributed by atoms with E-state index in [0.717, 1.165) is 29.0 Å². The molecular weight excluding hydrogens is 416 g/mol. The summed E-state index contributed by atoms with van der Waals surface area (Å²) in [6.07, 6.45) is 1.03. The predicted molar refractivity (Wildman–Crippen MR) is 135 cm³/mol. The number of hydrogen-bond acceptors (Lipinski definition) is 4. The number of azo groups is 1. The third kappa shape index (κ3) is 7.10. The maximum Gasteiger partial charge on any atom is 0.233 e. The van der Waals surface area contributed by atoms with Crippen LogP contribution in [-0.4, -0.2) is 11.0 Å². The standard InChI is InChI=1S/C26H28N4OS/c1-18(2)17-20-9-11-21(12-10-20)19(3)25(31)28-26(32)27-22-13-15-24(16-14-22)30-29-23-7-5-4-6-8-23/h4-16,18-19H,17H2,1-3H3,(H2,27,28,31,32). The van der Waals surface area contributed by atoms with Gasteiger partial charge in [-0.3, -0.25) is 4.79 Å². The van der Waals surface area contributed by atoms with Crippen LogP contribution in [0.3, 0.4) is 0 Å². The summed E-state index contributed by atoms with van der Waals surface area (Å²) >= 11 is 5.31. The van der Waals surface area contributed by atoms with Crippen molar-refractivity contribution < 1.29 is 4.79 Å². The van der Waals surface area contributed by atoms with E-state index in [1.54, 1.807) is 0 Å². The van der Waals surface area contributed by atoms with E-state index < -0.39 is 0 Å². The third-order valence-corrected chi connectivity index (χ3v) is 5.12. The van der Waals surface area contributed by atoms with Crippen LogP contribution in [0.15, 0.2) is 89.1 Å². The zero-order valence-corrected chi connectivity index (χ0v) is 19.4. The Kier molecular flexibility index (Phi) is 8.22. The number of thiocarbonyl (C=S) groups is 1. The molecule has 0 heterocycles. The smallest absolute Gasteiger partial charge is 0.233 e. The van der Waals surface area contributed by atoms with Crippen LogP contribution in [0, 0.1) is 5.92 Å². The summed E-state index contributed by atoms with van der Waals surface area (Å²) in [7, 11) is 0. The number of benzene rings is 3. The molecule has 0 saturated heterocycles. The molecule has 164 valence electrons. The second-order valence-corrected chi connectivity index (χ2v) is 8.50. The number of anilines is 1. The summed E-state index contributed by atoms with van der Waals surface area (Å²) < 4.78 is 0. The summed E-state index contributed by atoms with van der Waals surface area (Å²) in [5.41, 5.74) is 4.53. The summed E-state index contributed by atoms with van der Waals surface area (Å²) in [4.78, 5) is 12.6. The first kappa shape index (κ1) is 23.3. The van der Waals surface area contributed by atoms with E-state index in [0.29, 0.717) is 5.92 Å². The average molecular weight is 445 g/mol. The van der Waals surface area contributed by atoms with E-state index in [-0.39, 0.29) is 16.9 Å². The summed E-state index contributed by atoms with van der Waals surface area (Å²) in [5, 5.41) is 14.5. The van der Waals surface area contributed by atoms with Crippen molar-refractivity contribution >= 4 is 40.3 Å². The number of rotatable bonds is 7. The molecule has 5 nitrogen and oxygen atoms in total. The SMILES string of the molecule is CC(C)Cc1ccc(C(C)C(=O)NC(=S)Nc2ccc(N=Nc3ccccc3)cc2)cc1. The molecule has 32 heavy (non-hydrogen) atoms. The first-order valence-corrected chi connectivity index (χ1v) is 11.1. The van der Waals surface area contributed by atoms with Gasteiger partial charge < -0.3 is 10.6 Å². The van der Waals surface area contributed by atoms with Crippen LogP contribution in [0.1, 0.15) is 37.8 Å². The summed E-state index contributed by atoms with van der Waals surface area (Å²) in [5.74, 6) is 0.155. The lowest BCUT2D eigenvalue weighted by atomic mass is 9.96. The van der Waals surface area contributed by atoms with Gasteiger partial charge in [0.2, 0.25) is 5.91 Å². The maximum atomic E-state index is 12.6. The van der Waals surface area contributed by atoms with Gasteiger partial charge >= 0.3 is 0 Å². The number of hydrogen-bond donors (Lipinski definition) is 2. The van der Waals surface area contributed by atoms with Crippen LogP contribution < -0.4 is 10.6 Å². The topological polar surface area (TPSA) is 65.8 Å². The lowest BCUT2D eigenvalue weighted by molar-refractivity contribution is -0.120. The predicted octanol–water partition coefficient (Wildman–Crippen LogP) is 6.92. The highest BCUT2D eigenvalue weighted by Gasteiger charge is 2.16. The van der Waals surface area contributed by atoms with Crippen LogP contribution >= 0.6 is 12.2 Å². The number of amides is 1. The minimum atomic E-state index is -0.302. The summed E-state index contributed by atoms with van der Waals surface area (Å²) in [6, 6.07) is 25.1. The van der Waals surface area contributed by atoms with E-state index in [2.05, 4.69) is 46.8 Å². The Morgan fingerprint density at radius 2 is 1.44 bits per heavy atom. The molecule has 2 N–H and O–H groups in total. The monoisotopic (exact) mass is 444 g/mol. The average Bonchev–Trinajstić information content (AvgIpc) is 2.79. The van der Waals surface area contributed by atoms with Crippen molar-refractivity contribution in [2.45, 2.75) is 33.1 Å². The van der Waals surface area contributed by atoms with Crippen LogP contribution in [0.25, 0.3) is 0 Å². The van der Waals surface area contributed by atoms with Crippen molar-refractivity contribution in [3.8, 4) is 0 Å². The van der Waals surface area contributed by atoms with Gasteiger partial charge in [0.25, 0.3) is 0 Å². The fourth-order valence-electron chi connectivity index (χ4n) is 3.17. The molecule has 0 aliphatic carbocycles. The van der Waals surface area contributed by atoms with Gasteiger partial charge in [0.1, 0.15) is 0 Å². The van der Waals surface area contributed by atoms with Crippen LogP contribution in [-0.2, 0) is 11.2 Å². The lowest BCUT2D eigenvalue weighted by Gasteiger charge is -2.15. The molecule has 3 rings (SSSR count). The molecule has 0 radical (unpaired) electrons. The van der Waals surface area contributed by atoms with Gasteiger partial charge in [-0.1, -0.05) is 56.3 Å². The van der Waals surface area contributed by atoms with Gasteiger partial charge in [0, 0.05) is 5.69 Å². The first-order chi connectivity index (χ1) is 15.4. The largest absolute Gasteiger partial charge is 0.332 e. The fourth-order valence-corrected chi connectivity index (χ4v) is 3.39. The molecule has 1 unspecified atom stereocenters. The van der Waals surface area contributed by atoms with Crippen LogP contribution in [0.5, 0.6) is 0 Å². The Morgan fingerprint density at radius 3 is 2.03 bits per heavy atom. The highest BCUT2D eigenvalue weighted by atomic mass is 32.1. The highest BCUT2D eigenvalue weighted by Crippen LogP contribution is 2.21. The quantitative estimate of drug-likeness (QED) is 0.307. The van der Waals surface area contributed by atoms with Crippen LogP contribution in [0.2, 0.25) is 0 Å². The van der Waals surface area contributed by atoms with Crippen molar-refractivity contribution in [2.75, 3.05) is 5.32 Å². The fraction of sp³-hybridized carbons (Fsp3) is 0.231. The van der Waals surface area contributed by atoms with Crippen molar-refractivity contribution in [3.63, 3.8) is 0 Å². The second-order valence-electron chi connectivity index (χ2n) is 8.09. The van der Waals surface area contributed by atoms with Gasteiger partial charge in [0.05, 0.1) is 17.3 Å². The number of carbonyl (C=O) groups excluding carboxylic acids is 1. The maximum absolute atomic E-state index is 12.6. The zero-order chi connectivity index (χ0) is 22.9. The highest BCUT2D eigenvalue weighted by molar-refractivity contribution is 7.80. The third-order valence-electron chi connectivity index (χ3n) is 4.92. The molecule has 0 saturated carbocycles. The van der Waals surface area contributed by atoms with Crippen molar-refractivity contribution in [3.05, 3.63) is 90.0 Å². The van der Waals surface area contributed by atoms with Gasteiger partial charge in [0.15, 0.2) is 5.11 Å². The van der Waals surface area contributed by atoms with Crippen molar-refractivity contribution in [1.29, 1.82) is 0 Å². The molecule has 0 aromatic heterocycles. The van der Waals surface area contributed by atoms with E-state index in [9.17, 15) is 4.79 Å². The molecule has 6 heteroatoms. The van der Waals surface area contributed by atoms with Gasteiger partial charge in [-0.15, -0.1) is 0 Å². The Balaban J connectivity index is 1.52. The number of nitrogens with one attached hydrogen (secondary N) is 2. The Morgan fingerprint density at radius 1 is 0.844 bits per heavy atom. The molecule has 0 aliphatic heterocycles. The van der Waals surface area contributed by atoms with Gasteiger partial charge in [-0.05, 0) is 79.0 Å². The second kappa shape index (κ2) is 11.3. The van der Waals surface area contributed by atoms with E-state index in [1.165, 1.54) is 5.56 Å². The molecule has 3 aromatic rings. The summed E-state index contributed by atoms with van der Waals surface area (Å²) in [6.45, 7) is 6.27. The molecule has 0 aliphatic rings. The Labute approximate surface area is 195 Å². The normalized spacial score (nSPS) is 12.0. The van der Waals surface area contributed by atoms with Crippen LogP contribution in [0.4, 0.5) is 17.1 Å². The molecule has 0 fully saturated rings. The molecule has 0 spiro atoms. The van der Waals surface area contributed by atoms with E-state index >= 15 is 0 Å². The van der Waals surface area contributed by atoms with Gasteiger partial charge in [-0.25, -0.2) is 0 Å². The molecular formula is C26H28N4OS. The van der Waals surface area contributed by atoms with Gasteiger partial charge in [-0.2, -0.15) is 10.2 Å². The first-order valence-electron chi connectivity index (χ1n) is 10.7. The Hall–Kier alpha value is -3.38. The van der Waals surface area contributed by atoms with E-state index in [4.69, 9.17) is 12.2 Å². The van der Waals surface area contributed by atoms with Crippen molar-refractivity contribution in [1.82, 2.24) is 5.32 Å². The minimum Gasteiger partial charge on any atom is -0.332 e. The molecule has 1 atom stereocenters. The Bertz CT molecular complexity index is 1060. The van der Waals surface area contributed by atoms with E-state index in [1.807, 2.05) is 73.7 Å². The van der Waals surface area contributed by atoms with Crippen molar-refractivity contribution in [2.24, 2.45) is 16.1 Å². The molecule has 0 bridgehead atoms. The lowest BCUT2D eigenvalue weighted by Crippen LogP contribution is -2.36. The molecule has 1 amide bonds. The number of carbonyl (C=O) groups is 1.